The zero-order valence-corrected chi connectivity index (χ0v) is 12.7. The van der Waals surface area contributed by atoms with Crippen LogP contribution in [0.15, 0.2) is 61.2 Å². The SMILES string of the molecule is C=CCOc1ccc(C(=O)Nc2ccccc2C(=O)OC)cc1. The van der Waals surface area contributed by atoms with Crippen molar-refractivity contribution in [3.05, 3.63) is 72.3 Å². The van der Waals surface area contributed by atoms with Crippen molar-refractivity contribution >= 4 is 17.6 Å². The second-order valence-electron chi connectivity index (χ2n) is 4.62. The predicted molar refractivity (Wildman–Crippen MR) is 87.9 cm³/mol. The van der Waals surface area contributed by atoms with Gasteiger partial charge < -0.3 is 14.8 Å². The molecule has 1 N–H and O–H groups in total. The van der Waals surface area contributed by atoms with Gasteiger partial charge in [-0.25, -0.2) is 4.79 Å². The lowest BCUT2D eigenvalue weighted by Gasteiger charge is -2.10. The molecule has 0 atom stereocenters. The molecule has 0 aliphatic carbocycles. The van der Waals surface area contributed by atoms with Crippen LogP contribution in [0, 0.1) is 0 Å². The summed E-state index contributed by atoms with van der Waals surface area (Å²) >= 11 is 0. The van der Waals surface area contributed by atoms with Gasteiger partial charge in [0.15, 0.2) is 0 Å². The molecular formula is C18H17NO4. The van der Waals surface area contributed by atoms with Gasteiger partial charge in [0, 0.05) is 5.56 Å². The lowest BCUT2D eigenvalue weighted by molar-refractivity contribution is 0.0602. The Kier molecular flexibility index (Phi) is 5.52. The van der Waals surface area contributed by atoms with E-state index < -0.39 is 5.97 Å². The summed E-state index contributed by atoms with van der Waals surface area (Å²) in [6.07, 6.45) is 1.64. The van der Waals surface area contributed by atoms with E-state index >= 15 is 0 Å². The van der Waals surface area contributed by atoms with Crippen LogP contribution in [0.25, 0.3) is 0 Å². The Hall–Kier alpha value is -3.08. The molecule has 0 spiro atoms. The maximum Gasteiger partial charge on any atom is 0.339 e. The van der Waals surface area contributed by atoms with Crippen molar-refractivity contribution in [3.8, 4) is 5.75 Å². The van der Waals surface area contributed by atoms with Gasteiger partial charge in [-0.05, 0) is 36.4 Å². The number of esters is 1. The molecule has 1 amide bonds. The molecule has 23 heavy (non-hydrogen) atoms. The minimum absolute atomic E-state index is 0.300. The Morgan fingerprint density at radius 3 is 2.48 bits per heavy atom. The summed E-state index contributed by atoms with van der Waals surface area (Å²) < 4.78 is 10.1. The smallest absolute Gasteiger partial charge is 0.339 e. The molecule has 2 rings (SSSR count). The third-order valence-electron chi connectivity index (χ3n) is 3.06. The fraction of sp³-hybridized carbons (Fsp3) is 0.111. The van der Waals surface area contributed by atoms with Crippen LogP contribution in [0.4, 0.5) is 5.69 Å². The van der Waals surface area contributed by atoms with Crippen LogP contribution >= 0.6 is 0 Å². The monoisotopic (exact) mass is 311 g/mol. The number of ether oxygens (including phenoxy) is 2. The second-order valence-corrected chi connectivity index (χ2v) is 4.62. The first kappa shape index (κ1) is 16.3. The Labute approximate surface area is 134 Å². The van der Waals surface area contributed by atoms with Crippen molar-refractivity contribution in [1.82, 2.24) is 0 Å². The van der Waals surface area contributed by atoms with Gasteiger partial charge in [0.1, 0.15) is 12.4 Å². The van der Waals surface area contributed by atoms with Crippen molar-refractivity contribution in [2.75, 3.05) is 19.0 Å². The number of nitrogens with one attached hydrogen (secondary N) is 1. The minimum Gasteiger partial charge on any atom is -0.490 e. The number of anilines is 1. The molecule has 0 radical (unpaired) electrons. The van der Waals surface area contributed by atoms with Gasteiger partial charge >= 0.3 is 5.97 Å². The van der Waals surface area contributed by atoms with E-state index in [-0.39, 0.29) is 5.91 Å². The van der Waals surface area contributed by atoms with Crippen molar-refractivity contribution in [2.24, 2.45) is 0 Å². The van der Waals surface area contributed by atoms with Gasteiger partial charge in [0.25, 0.3) is 5.91 Å². The molecule has 0 aliphatic heterocycles. The zero-order valence-electron chi connectivity index (χ0n) is 12.7. The molecular weight excluding hydrogens is 294 g/mol. The van der Waals surface area contributed by atoms with E-state index in [4.69, 9.17) is 9.47 Å². The standard InChI is InChI=1S/C18H17NO4/c1-3-12-23-14-10-8-13(9-11-14)17(20)19-16-7-5-4-6-15(16)18(21)22-2/h3-11H,1,12H2,2H3,(H,19,20). The first-order valence-corrected chi connectivity index (χ1v) is 6.98. The number of carbonyl (C=O) groups is 2. The highest BCUT2D eigenvalue weighted by Crippen LogP contribution is 2.18. The second kappa shape index (κ2) is 7.79. The number of hydrogen-bond donors (Lipinski definition) is 1. The number of carbonyl (C=O) groups excluding carboxylic acids is 2. The van der Waals surface area contributed by atoms with Crippen molar-refractivity contribution < 1.29 is 19.1 Å². The number of methoxy groups -OCH3 is 1. The van der Waals surface area contributed by atoms with Crippen LogP contribution in [-0.4, -0.2) is 25.6 Å². The average molecular weight is 311 g/mol. The average Bonchev–Trinajstić information content (AvgIpc) is 2.60. The minimum atomic E-state index is -0.505. The fourth-order valence-corrected chi connectivity index (χ4v) is 1.93. The van der Waals surface area contributed by atoms with Crippen LogP contribution < -0.4 is 10.1 Å². The molecule has 0 aromatic heterocycles. The Balaban J connectivity index is 2.13. The molecule has 0 fully saturated rings. The lowest BCUT2D eigenvalue weighted by Crippen LogP contribution is -2.15. The largest absolute Gasteiger partial charge is 0.490 e. The van der Waals surface area contributed by atoms with Crippen LogP contribution in [0.5, 0.6) is 5.75 Å². The molecule has 0 aliphatic rings. The number of benzene rings is 2. The molecule has 0 saturated carbocycles. The Morgan fingerprint density at radius 1 is 1.13 bits per heavy atom. The number of rotatable bonds is 6. The molecule has 0 heterocycles. The Bertz CT molecular complexity index is 707. The summed E-state index contributed by atoms with van der Waals surface area (Å²) in [5.74, 6) is -0.179. The number of hydrogen-bond acceptors (Lipinski definition) is 4. The normalized spacial score (nSPS) is 9.78. The van der Waals surface area contributed by atoms with Crippen molar-refractivity contribution in [1.29, 1.82) is 0 Å². The highest BCUT2D eigenvalue weighted by molar-refractivity contribution is 6.08. The van der Waals surface area contributed by atoms with E-state index in [0.29, 0.717) is 29.2 Å². The molecule has 118 valence electrons. The molecule has 5 nitrogen and oxygen atoms in total. The van der Waals surface area contributed by atoms with E-state index in [9.17, 15) is 9.59 Å². The lowest BCUT2D eigenvalue weighted by atomic mass is 10.1. The summed E-state index contributed by atoms with van der Waals surface area (Å²) in [7, 11) is 1.29. The Morgan fingerprint density at radius 2 is 1.83 bits per heavy atom. The van der Waals surface area contributed by atoms with Crippen LogP contribution in [0.2, 0.25) is 0 Å². The van der Waals surface area contributed by atoms with Gasteiger partial charge in [-0.2, -0.15) is 0 Å². The van der Waals surface area contributed by atoms with Crippen molar-refractivity contribution in [2.45, 2.75) is 0 Å². The molecule has 2 aromatic carbocycles. The van der Waals surface area contributed by atoms with E-state index in [2.05, 4.69) is 11.9 Å². The molecule has 0 unspecified atom stereocenters. The first-order chi connectivity index (χ1) is 11.2. The maximum atomic E-state index is 12.3. The summed E-state index contributed by atoms with van der Waals surface area (Å²) in [4.78, 5) is 24.0. The van der Waals surface area contributed by atoms with E-state index in [0.717, 1.165) is 0 Å². The number of para-hydroxylation sites is 1. The van der Waals surface area contributed by atoms with Gasteiger partial charge in [-0.3, -0.25) is 4.79 Å². The molecule has 0 saturated heterocycles. The predicted octanol–water partition coefficient (Wildman–Crippen LogP) is 3.29. The number of amides is 1. The summed E-state index contributed by atoms with van der Waals surface area (Å²) in [6.45, 7) is 3.97. The van der Waals surface area contributed by atoms with Crippen LogP contribution in [0.3, 0.4) is 0 Å². The topological polar surface area (TPSA) is 64.6 Å². The van der Waals surface area contributed by atoms with Gasteiger partial charge in [-0.1, -0.05) is 24.8 Å². The van der Waals surface area contributed by atoms with E-state index in [1.807, 2.05) is 0 Å². The van der Waals surface area contributed by atoms with Crippen LogP contribution in [0.1, 0.15) is 20.7 Å². The third kappa shape index (κ3) is 4.20. The molecule has 5 heteroatoms. The zero-order chi connectivity index (χ0) is 16.7. The van der Waals surface area contributed by atoms with Crippen molar-refractivity contribution in [3.63, 3.8) is 0 Å². The third-order valence-corrected chi connectivity index (χ3v) is 3.06. The quantitative estimate of drug-likeness (QED) is 0.657. The highest BCUT2D eigenvalue weighted by atomic mass is 16.5. The summed E-state index contributed by atoms with van der Waals surface area (Å²) in [5.41, 5.74) is 1.15. The summed E-state index contributed by atoms with van der Waals surface area (Å²) in [6, 6.07) is 13.4. The van der Waals surface area contributed by atoms with Gasteiger partial charge in [-0.15, -0.1) is 0 Å². The van der Waals surface area contributed by atoms with E-state index in [1.165, 1.54) is 7.11 Å². The van der Waals surface area contributed by atoms with Crippen LogP contribution in [-0.2, 0) is 4.74 Å². The van der Waals surface area contributed by atoms with E-state index in [1.54, 1.807) is 54.6 Å². The molecule has 0 bridgehead atoms. The molecule has 2 aromatic rings. The first-order valence-electron chi connectivity index (χ1n) is 6.98. The summed E-state index contributed by atoms with van der Waals surface area (Å²) in [5, 5.41) is 2.71. The maximum absolute atomic E-state index is 12.3. The van der Waals surface area contributed by atoms with Gasteiger partial charge in [0.2, 0.25) is 0 Å². The highest BCUT2D eigenvalue weighted by Gasteiger charge is 2.14. The fourth-order valence-electron chi connectivity index (χ4n) is 1.93. The van der Waals surface area contributed by atoms with Gasteiger partial charge in [0.05, 0.1) is 18.4 Å².